The van der Waals surface area contributed by atoms with E-state index in [0.717, 1.165) is 32.2 Å². The monoisotopic (exact) mass is 294 g/mol. The highest BCUT2D eigenvalue weighted by Gasteiger charge is 2.25. The summed E-state index contributed by atoms with van der Waals surface area (Å²) >= 11 is 0. The van der Waals surface area contributed by atoms with Gasteiger partial charge in [0.25, 0.3) is 0 Å². The Morgan fingerprint density at radius 3 is 3.00 bits per heavy atom. The molecule has 21 heavy (non-hydrogen) atoms. The molecule has 1 fully saturated rings. The van der Waals surface area contributed by atoms with Gasteiger partial charge < -0.3 is 10.4 Å². The van der Waals surface area contributed by atoms with Crippen LogP contribution in [-0.2, 0) is 11.3 Å². The fraction of sp³-hybridized carbons (Fsp3) is 0.562. The van der Waals surface area contributed by atoms with Gasteiger partial charge in [0.2, 0.25) is 5.91 Å². The van der Waals surface area contributed by atoms with E-state index in [0.29, 0.717) is 18.2 Å². The zero-order valence-electron chi connectivity index (χ0n) is 12.2. The minimum Gasteiger partial charge on any atom is -0.396 e. The molecular weight excluding hydrogens is 271 g/mol. The quantitative estimate of drug-likeness (QED) is 0.804. The maximum atomic E-state index is 13.5. The molecule has 1 unspecified atom stereocenters. The Morgan fingerprint density at radius 1 is 1.43 bits per heavy atom. The topological polar surface area (TPSA) is 52.6 Å². The van der Waals surface area contributed by atoms with Crippen molar-refractivity contribution < 1.29 is 14.3 Å². The van der Waals surface area contributed by atoms with Gasteiger partial charge in [-0.3, -0.25) is 9.69 Å². The van der Waals surface area contributed by atoms with Crippen molar-refractivity contribution in [3.8, 4) is 0 Å². The summed E-state index contributed by atoms with van der Waals surface area (Å²) in [5, 5.41) is 11.7. The molecule has 0 radical (unpaired) electrons. The second-order valence-corrected chi connectivity index (χ2v) is 5.50. The number of amides is 1. The third-order valence-corrected chi connectivity index (χ3v) is 3.98. The third kappa shape index (κ3) is 4.79. The Morgan fingerprint density at radius 2 is 2.24 bits per heavy atom. The van der Waals surface area contributed by atoms with Gasteiger partial charge in [0.15, 0.2) is 0 Å². The van der Waals surface area contributed by atoms with Crippen molar-refractivity contribution in [2.75, 3.05) is 19.7 Å². The van der Waals surface area contributed by atoms with E-state index in [1.54, 1.807) is 18.2 Å². The van der Waals surface area contributed by atoms with Gasteiger partial charge in [-0.2, -0.15) is 0 Å². The Bertz CT molecular complexity index is 467. The normalized spacial score (nSPS) is 18.9. The second kappa shape index (κ2) is 8.10. The number of hydrogen-bond donors (Lipinski definition) is 2. The van der Waals surface area contributed by atoms with Gasteiger partial charge in [-0.05, 0) is 38.3 Å². The zero-order chi connectivity index (χ0) is 15.1. The summed E-state index contributed by atoms with van der Waals surface area (Å²) in [6, 6.07) is 6.85. The minimum absolute atomic E-state index is 0.0749. The van der Waals surface area contributed by atoms with Crippen LogP contribution in [0.15, 0.2) is 24.3 Å². The maximum absolute atomic E-state index is 13.5. The highest BCUT2D eigenvalue weighted by molar-refractivity contribution is 5.78. The van der Waals surface area contributed by atoms with Crippen molar-refractivity contribution in [1.82, 2.24) is 10.2 Å². The van der Waals surface area contributed by atoms with Crippen molar-refractivity contribution in [3.63, 3.8) is 0 Å². The number of rotatable bonds is 7. The molecular formula is C16H23FN2O2. The van der Waals surface area contributed by atoms with Gasteiger partial charge in [0.05, 0.1) is 6.54 Å². The number of nitrogens with one attached hydrogen (secondary N) is 1. The van der Waals surface area contributed by atoms with E-state index in [4.69, 9.17) is 5.11 Å². The predicted molar refractivity (Wildman–Crippen MR) is 79.2 cm³/mol. The smallest absolute Gasteiger partial charge is 0.234 e. The summed E-state index contributed by atoms with van der Waals surface area (Å²) in [5.41, 5.74) is 0.504. The van der Waals surface area contributed by atoms with Gasteiger partial charge in [0.1, 0.15) is 5.82 Å². The van der Waals surface area contributed by atoms with E-state index in [-0.39, 0.29) is 24.9 Å². The first-order chi connectivity index (χ1) is 10.2. The van der Waals surface area contributed by atoms with Gasteiger partial charge in [-0.15, -0.1) is 0 Å². The molecule has 2 rings (SSSR count). The van der Waals surface area contributed by atoms with Gasteiger partial charge in [-0.1, -0.05) is 18.2 Å². The van der Waals surface area contributed by atoms with Crippen LogP contribution in [0.4, 0.5) is 4.39 Å². The average Bonchev–Trinajstić information content (AvgIpc) is 2.91. The fourth-order valence-corrected chi connectivity index (χ4v) is 2.83. The molecule has 0 spiro atoms. The Kier molecular flexibility index (Phi) is 6.14. The van der Waals surface area contributed by atoms with Crippen LogP contribution in [0.3, 0.4) is 0 Å². The summed E-state index contributed by atoms with van der Waals surface area (Å²) < 4.78 is 13.5. The maximum Gasteiger partial charge on any atom is 0.234 e. The molecule has 0 aliphatic carbocycles. The van der Waals surface area contributed by atoms with Crippen LogP contribution in [-0.4, -0.2) is 41.7 Å². The summed E-state index contributed by atoms with van der Waals surface area (Å²) in [6.45, 7) is 1.69. The minimum atomic E-state index is -0.292. The molecule has 0 saturated carbocycles. The number of halogens is 1. The fourth-order valence-electron chi connectivity index (χ4n) is 2.83. The van der Waals surface area contributed by atoms with Crippen LogP contribution < -0.4 is 5.32 Å². The lowest BCUT2D eigenvalue weighted by molar-refractivity contribution is -0.122. The molecule has 1 aromatic carbocycles. The molecule has 5 heteroatoms. The lowest BCUT2D eigenvalue weighted by atomic mass is 10.1. The van der Waals surface area contributed by atoms with Gasteiger partial charge >= 0.3 is 0 Å². The highest BCUT2D eigenvalue weighted by Crippen LogP contribution is 2.20. The molecule has 0 aromatic heterocycles. The van der Waals surface area contributed by atoms with E-state index >= 15 is 0 Å². The van der Waals surface area contributed by atoms with Crippen molar-refractivity contribution in [2.45, 2.75) is 38.3 Å². The molecule has 0 bridgehead atoms. The Balaban J connectivity index is 1.77. The van der Waals surface area contributed by atoms with E-state index in [9.17, 15) is 9.18 Å². The highest BCUT2D eigenvalue weighted by atomic mass is 19.1. The molecule has 4 nitrogen and oxygen atoms in total. The summed E-state index contributed by atoms with van der Waals surface area (Å²) in [7, 11) is 0. The number of carbonyl (C=O) groups is 1. The number of hydrogen-bond acceptors (Lipinski definition) is 3. The van der Waals surface area contributed by atoms with Crippen LogP contribution in [0.1, 0.15) is 31.2 Å². The molecule has 1 aliphatic heterocycles. The number of likely N-dealkylation sites (tertiary alicyclic amines) is 1. The SMILES string of the molecule is O=C(CN1CCCC1CCCO)NCc1ccccc1F. The van der Waals surface area contributed by atoms with Crippen LogP contribution in [0.5, 0.6) is 0 Å². The lowest BCUT2D eigenvalue weighted by Gasteiger charge is -2.23. The molecule has 1 atom stereocenters. The number of benzene rings is 1. The molecule has 1 saturated heterocycles. The number of aliphatic hydroxyl groups is 1. The summed E-state index contributed by atoms with van der Waals surface area (Å²) in [4.78, 5) is 14.1. The van der Waals surface area contributed by atoms with Crippen LogP contribution in [0.25, 0.3) is 0 Å². The first-order valence-electron chi connectivity index (χ1n) is 7.55. The van der Waals surface area contributed by atoms with Crippen molar-refractivity contribution >= 4 is 5.91 Å². The second-order valence-electron chi connectivity index (χ2n) is 5.50. The first kappa shape index (κ1) is 15.9. The molecule has 2 N–H and O–H groups in total. The molecule has 1 aliphatic rings. The van der Waals surface area contributed by atoms with E-state index in [2.05, 4.69) is 10.2 Å². The average molecular weight is 294 g/mol. The predicted octanol–water partition coefficient (Wildman–Crippen LogP) is 1.68. The largest absolute Gasteiger partial charge is 0.396 e. The Labute approximate surface area is 125 Å². The lowest BCUT2D eigenvalue weighted by Crippen LogP contribution is -2.39. The van der Waals surface area contributed by atoms with Gasteiger partial charge in [0, 0.05) is 24.8 Å². The number of aliphatic hydroxyl groups excluding tert-OH is 1. The molecule has 1 amide bonds. The first-order valence-corrected chi connectivity index (χ1v) is 7.55. The van der Waals surface area contributed by atoms with E-state index in [1.807, 2.05) is 0 Å². The van der Waals surface area contributed by atoms with E-state index in [1.165, 1.54) is 6.07 Å². The van der Waals surface area contributed by atoms with Crippen molar-refractivity contribution in [2.24, 2.45) is 0 Å². The third-order valence-electron chi connectivity index (χ3n) is 3.98. The standard InChI is InChI=1S/C16H23FN2O2/c17-15-8-2-1-5-13(15)11-18-16(21)12-19-9-3-6-14(19)7-4-10-20/h1-2,5,8,14,20H,3-4,6-7,9-12H2,(H,18,21). The van der Waals surface area contributed by atoms with Gasteiger partial charge in [-0.25, -0.2) is 4.39 Å². The van der Waals surface area contributed by atoms with Crippen LogP contribution in [0, 0.1) is 5.82 Å². The molecule has 116 valence electrons. The van der Waals surface area contributed by atoms with Crippen LogP contribution >= 0.6 is 0 Å². The number of carbonyl (C=O) groups excluding carboxylic acids is 1. The van der Waals surface area contributed by atoms with E-state index < -0.39 is 0 Å². The number of nitrogens with zero attached hydrogens (tertiary/aromatic N) is 1. The Hall–Kier alpha value is -1.46. The molecule has 1 aromatic rings. The van der Waals surface area contributed by atoms with Crippen molar-refractivity contribution in [3.05, 3.63) is 35.6 Å². The van der Waals surface area contributed by atoms with Crippen molar-refractivity contribution in [1.29, 1.82) is 0 Å². The van der Waals surface area contributed by atoms with Crippen LogP contribution in [0.2, 0.25) is 0 Å². The zero-order valence-corrected chi connectivity index (χ0v) is 12.2. The molecule has 1 heterocycles. The summed E-state index contributed by atoms with van der Waals surface area (Å²) in [6.07, 6.45) is 3.88. The summed E-state index contributed by atoms with van der Waals surface area (Å²) in [5.74, 6) is -0.367.